The van der Waals surface area contributed by atoms with Gasteiger partial charge in [0.1, 0.15) is 6.61 Å². The number of carbonyl (C=O) groups is 2. The van der Waals surface area contributed by atoms with E-state index in [0.717, 1.165) is 28.7 Å². The van der Waals surface area contributed by atoms with Gasteiger partial charge in [-0.25, -0.2) is 4.79 Å². The zero-order valence-corrected chi connectivity index (χ0v) is 14.8. The maximum atomic E-state index is 12.5. The Balaban J connectivity index is 1.48. The molecule has 0 aliphatic carbocycles. The van der Waals surface area contributed by atoms with Gasteiger partial charge in [-0.2, -0.15) is 0 Å². The number of nitrogens with zero attached hydrogens (tertiary/aromatic N) is 1. The Morgan fingerprint density at radius 3 is 2.81 bits per heavy atom. The summed E-state index contributed by atoms with van der Waals surface area (Å²) in [4.78, 5) is 26.7. The fourth-order valence-corrected chi connectivity index (χ4v) is 3.97. The Morgan fingerprint density at radius 2 is 2.00 bits per heavy atom. The van der Waals surface area contributed by atoms with Crippen LogP contribution < -0.4 is 5.32 Å². The monoisotopic (exact) mass is 350 g/mol. The smallest absolute Gasteiger partial charge is 0.410 e. The van der Waals surface area contributed by atoms with E-state index in [2.05, 4.69) is 5.32 Å². The molecule has 0 bridgehead atoms. The number of carbonyl (C=O) groups excluding carboxylic acids is 2. The van der Waals surface area contributed by atoms with Gasteiger partial charge >= 0.3 is 6.09 Å². The summed E-state index contributed by atoms with van der Waals surface area (Å²) in [7, 11) is 0. The van der Waals surface area contributed by atoms with Gasteiger partial charge in [0.15, 0.2) is 0 Å². The van der Waals surface area contributed by atoms with Crippen molar-refractivity contribution in [3.05, 3.63) is 70.8 Å². The molecular weight excluding hydrogens is 328 g/mol. The Kier molecular flexibility index (Phi) is 4.37. The molecule has 0 saturated carbocycles. The number of nitrogens with one attached hydrogen (secondary N) is 1. The van der Waals surface area contributed by atoms with Crippen molar-refractivity contribution in [1.29, 1.82) is 0 Å². The van der Waals surface area contributed by atoms with E-state index in [4.69, 9.17) is 4.74 Å². The average Bonchev–Trinajstić information content (AvgIpc) is 2.67. The fourth-order valence-electron chi connectivity index (χ4n) is 3.97. The molecule has 5 nitrogen and oxygen atoms in total. The molecule has 2 aliphatic rings. The maximum absolute atomic E-state index is 12.5. The first kappa shape index (κ1) is 16.6. The van der Waals surface area contributed by atoms with Gasteiger partial charge in [-0.3, -0.25) is 4.79 Å². The van der Waals surface area contributed by atoms with Gasteiger partial charge in [-0.05, 0) is 30.0 Å². The van der Waals surface area contributed by atoms with Crippen LogP contribution in [0.4, 0.5) is 4.79 Å². The molecule has 0 radical (unpaired) electrons. The first-order valence-corrected chi connectivity index (χ1v) is 8.99. The van der Waals surface area contributed by atoms with Crippen molar-refractivity contribution in [1.82, 2.24) is 10.2 Å². The molecule has 1 saturated heterocycles. The lowest BCUT2D eigenvalue weighted by Crippen LogP contribution is -2.54. The standard InChI is InChI=1S/C21H22N2O3/c1-14-6-5-9-16-17-12-23(11-10-18(17)22-20(24)19(14)16)21(25)26-13-15-7-3-2-4-8-15/h2-9,17-18H,10-13H2,1H3,(H,22,24)/t17-,18-/m0/s1. The number of ether oxygens (including phenoxy) is 1. The predicted molar refractivity (Wildman–Crippen MR) is 98.0 cm³/mol. The number of hydrogen-bond donors (Lipinski definition) is 1. The third-order valence-corrected chi connectivity index (χ3v) is 5.32. The SMILES string of the molecule is Cc1cccc2c1C(=O)N[C@H]1CCN(C(=O)OCc3ccccc3)C[C@@H]21. The summed E-state index contributed by atoms with van der Waals surface area (Å²) >= 11 is 0. The topological polar surface area (TPSA) is 58.6 Å². The number of aryl methyl sites for hydroxylation is 1. The second kappa shape index (κ2) is 6.83. The summed E-state index contributed by atoms with van der Waals surface area (Å²) in [6.07, 6.45) is 0.447. The number of fused-ring (bicyclic) bond motifs is 3. The van der Waals surface area contributed by atoms with E-state index in [1.165, 1.54) is 0 Å². The zero-order valence-electron chi connectivity index (χ0n) is 14.8. The summed E-state index contributed by atoms with van der Waals surface area (Å²) in [5.41, 5.74) is 3.75. The van der Waals surface area contributed by atoms with Crippen molar-refractivity contribution < 1.29 is 14.3 Å². The van der Waals surface area contributed by atoms with Gasteiger partial charge in [0, 0.05) is 30.6 Å². The van der Waals surface area contributed by atoms with Gasteiger partial charge in [-0.15, -0.1) is 0 Å². The normalized spacial score (nSPS) is 21.4. The van der Waals surface area contributed by atoms with Crippen molar-refractivity contribution >= 4 is 12.0 Å². The van der Waals surface area contributed by atoms with Crippen LogP contribution in [-0.2, 0) is 11.3 Å². The van der Waals surface area contributed by atoms with Crippen molar-refractivity contribution in [3.63, 3.8) is 0 Å². The van der Waals surface area contributed by atoms with E-state index in [1.807, 2.05) is 55.5 Å². The van der Waals surface area contributed by atoms with Crippen LogP contribution >= 0.6 is 0 Å². The fraction of sp³-hybridized carbons (Fsp3) is 0.333. The minimum atomic E-state index is -0.293. The third-order valence-electron chi connectivity index (χ3n) is 5.32. The van der Waals surface area contributed by atoms with Gasteiger partial charge in [0.2, 0.25) is 0 Å². The highest BCUT2D eigenvalue weighted by Crippen LogP contribution is 2.34. The van der Waals surface area contributed by atoms with E-state index in [-0.39, 0.29) is 30.6 Å². The highest BCUT2D eigenvalue weighted by Gasteiger charge is 2.39. The Hall–Kier alpha value is -2.82. The molecule has 5 heteroatoms. The lowest BCUT2D eigenvalue weighted by Gasteiger charge is -2.42. The minimum Gasteiger partial charge on any atom is -0.445 e. The lowest BCUT2D eigenvalue weighted by atomic mass is 9.79. The first-order chi connectivity index (χ1) is 12.6. The van der Waals surface area contributed by atoms with E-state index < -0.39 is 0 Å². The molecule has 0 aromatic heterocycles. The molecule has 0 unspecified atom stereocenters. The Labute approximate surface area is 153 Å². The van der Waals surface area contributed by atoms with E-state index in [0.29, 0.717) is 13.1 Å². The molecule has 134 valence electrons. The Morgan fingerprint density at radius 1 is 1.19 bits per heavy atom. The predicted octanol–water partition coefficient (Wildman–Crippen LogP) is 3.23. The molecule has 0 spiro atoms. The number of amides is 2. The molecule has 2 atom stereocenters. The minimum absolute atomic E-state index is 0.000505. The molecule has 1 N–H and O–H groups in total. The van der Waals surface area contributed by atoms with Crippen LogP contribution in [0.3, 0.4) is 0 Å². The summed E-state index contributed by atoms with van der Waals surface area (Å²) in [5, 5.41) is 3.11. The molecular formula is C21H22N2O3. The quantitative estimate of drug-likeness (QED) is 0.905. The van der Waals surface area contributed by atoms with E-state index >= 15 is 0 Å². The Bertz CT molecular complexity index is 834. The number of rotatable bonds is 2. The molecule has 2 heterocycles. The average molecular weight is 350 g/mol. The van der Waals surface area contributed by atoms with Crippen LogP contribution in [0.25, 0.3) is 0 Å². The molecule has 2 aromatic carbocycles. The third kappa shape index (κ3) is 3.05. The van der Waals surface area contributed by atoms with Gasteiger partial charge in [0.25, 0.3) is 5.91 Å². The molecule has 2 aromatic rings. The first-order valence-electron chi connectivity index (χ1n) is 8.99. The summed E-state index contributed by atoms with van der Waals surface area (Å²) in [6.45, 7) is 3.38. The number of benzene rings is 2. The van der Waals surface area contributed by atoms with Crippen molar-refractivity contribution in [2.75, 3.05) is 13.1 Å². The van der Waals surface area contributed by atoms with Gasteiger partial charge in [0.05, 0.1) is 0 Å². The van der Waals surface area contributed by atoms with Crippen molar-refractivity contribution in [2.24, 2.45) is 0 Å². The van der Waals surface area contributed by atoms with Crippen LogP contribution in [0.1, 0.15) is 39.4 Å². The van der Waals surface area contributed by atoms with E-state index in [1.54, 1.807) is 4.90 Å². The number of hydrogen-bond acceptors (Lipinski definition) is 3. The van der Waals surface area contributed by atoms with Crippen molar-refractivity contribution in [2.45, 2.75) is 31.9 Å². The molecule has 2 aliphatic heterocycles. The second-order valence-electron chi connectivity index (χ2n) is 7.00. The zero-order chi connectivity index (χ0) is 18.1. The highest BCUT2D eigenvalue weighted by molar-refractivity contribution is 5.99. The number of likely N-dealkylation sites (tertiary alicyclic amines) is 1. The van der Waals surface area contributed by atoms with Gasteiger partial charge in [-0.1, -0.05) is 48.5 Å². The second-order valence-corrected chi connectivity index (χ2v) is 7.00. The summed E-state index contributed by atoms with van der Waals surface area (Å²) < 4.78 is 5.48. The summed E-state index contributed by atoms with van der Waals surface area (Å²) in [5.74, 6) is 0.111. The summed E-state index contributed by atoms with van der Waals surface area (Å²) in [6, 6.07) is 15.7. The molecule has 1 fully saturated rings. The lowest BCUT2D eigenvalue weighted by molar-refractivity contribution is 0.0735. The maximum Gasteiger partial charge on any atom is 0.410 e. The van der Waals surface area contributed by atoms with Crippen LogP contribution in [0, 0.1) is 6.92 Å². The van der Waals surface area contributed by atoms with Crippen LogP contribution in [0.2, 0.25) is 0 Å². The number of piperidine rings is 1. The van der Waals surface area contributed by atoms with Gasteiger partial charge < -0.3 is 15.0 Å². The van der Waals surface area contributed by atoms with Crippen LogP contribution in [0.15, 0.2) is 48.5 Å². The molecule has 2 amide bonds. The van der Waals surface area contributed by atoms with Crippen molar-refractivity contribution in [3.8, 4) is 0 Å². The highest BCUT2D eigenvalue weighted by atomic mass is 16.6. The van der Waals surface area contributed by atoms with Crippen LogP contribution in [-0.4, -0.2) is 36.0 Å². The molecule has 26 heavy (non-hydrogen) atoms. The van der Waals surface area contributed by atoms with Crippen LogP contribution in [0.5, 0.6) is 0 Å². The van der Waals surface area contributed by atoms with E-state index in [9.17, 15) is 9.59 Å². The molecule has 4 rings (SSSR count). The largest absolute Gasteiger partial charge is 0.445 e.